The van der Waals surface area contributed by atoms with Crippen molar-refractivity contribution in [3.63, 3.8) is 0 Å². The maximum Gasteiger partial charge on any atom is 0.249 e. The number of carbonyl (C=O) groups excluding carboxylic acids is 1. The first-order chi connectivity index (χ1) is 16.5. The van der Waals surface area contributed by atoms with E-state index in [0.29, 0.717) is 23.6 Å². The number of benzene rings is 2. The number of hydrogen-bond acceptors (Lipinski definition) is 9. The van der Waals surface area contributed by atoms with E-state index in [2.05, 4.69) is 26.4 Å². The minimum absolute atomic E-state index is 0.231. The molecule has 0 unspecified atom stereocenters. The molecule has 2 N–H and O–H groups in total. The number of fused-ring (bicyclic) bond motifs is 1. The Kier molecular flexibility index (Phi) is 6.82. The van der Waals surface area contributed by atoms with Crippen LogP contribution in [0.5, 0.6) is 23.0 Å². The molecular formula is C23H28N6O5. The van der Waals surface area contributed by atoms with E-state index in [1.54, 1.807) is 20.3 Å². The van der Waals surface area contributed by atoms with Crippen LogP contribution in [-0.4, -0.2) is 72.5 Å². The van der Waals surface area contributed by atoms with E-state index in [9.17, 15) is 4.79 Å². The molecule has 0 atom stereocenters. The lowest BCUT2D eigenvalue weighted by molar-refractivity contribution is 0.100. The zero-order valence-electron chi connectivity index (χ0n) is 19.7. The van der Waals surface area contributed by atoms with Crippen molar-refractivity contribution >= 4 is 5.91 Å². The quantitative estimate of drug-likeness (QED) is 0.497. The van der Waals surface area contributed by atoms with Crippen LogP contribution >= 0.6 is 0 Å². The Bertz CT molecular complexity index is 1190. The van der Waals surface area contributed by atoms with Crippen molar-refractivity contribution in [2.45, 2.75) is 19.5 Å². The van der Waals surface area contributed by atoms with Gasteiger partial charge in [0.2, 0.25) is 11.7 Å². The Morgan fingerprint density at radius 3 is 2.18 bits per heavy atom. The maximum atomic E-state index is 12.0. The van der Waals surface area contributed by atoms with Gasteiger partial charge < -0.3 is 24.7 Å². The van der Waals surface area contributed by atoms with Crippen molar-refractivity contribution in [2.75, 3.05) is 41.5 Å². The van der Waals surface area contributed by atoms with E-state index >= 15 is 0 Å². The molecule has 4 rings (SSSR count). The highest BCUT2D eigenvalue weighted by Gasteiger charge is 2.21. The summed E-state index contributed by atoms with van der Waals surface area (Å²) in [5.41, 5.74) is 8.71. The van der Waals surface area contributed by atoms with Crippen molar-refractivity contribution in [1.29, 1.82) is 0 Å². The Labute approximate surface area is 197 Å². The highest BCUT2D eigenvalue weighted by Crippen LogP contribution is 2.35. The zero-order valence-corrected chi connectivity index (χ0v) is 19.7. The van der Waals surface area contributed by atoms with Gasteiger partial charge in [-0.3, -0.25) is 9.69 Å². The fourth-order valence-electron chi connectivity index (χ4n) is 4.08. The van der Waals surface area contributed by atoms with Gasteiger partial charge in [-0.25, -0.2) is 0 Å². The van der Waals surface area contributed by atoms with Crippen LogP contribution in [0.1, 0.15) is 21.5 Å². The van der Waals surface area contributed by atoms with Crippen LogP contribution in [0.4, 0.5) is 0 Å². The van der Waals surface area contributed by atoms with E-state index < -0.39 is 5.91 Å². The second-order valence-electron chi connectivity index (χ2n) is 7.83. The highest BCUT2D eigenvalue weighted by atomic mass is 16.5. The van der Waals surface area contributed by atoms with Gasteiger partial charge in [-0.15, -0.1) is 10.2 Å². The summed E-state index contributed by atoms with van der Waals surface area (Å²) in [6.07, 6.45) is 0.916. The van der Waals surface area contributed by atoms with E-state index in [1.165, 1.54) is 36.2 Å². The Balaban J connectivity index is 1.48. The summed E-state index contributed by atoms with van der Waals surface area (Å²) in [7, 11) is 6.29. The normalized spacial score (nSPS) is 13.3. The van der Waals surface area contributed by atoms with Gasteiger partial charge in [0.25, 0.3) is 0 Å². The Hall–Kier alpha value is -3.86. The van der Waals surface area contributed by atoms with Crippen molar-refractivity contribution in [3.05, 3.63) is 41.0 Å². The molecule has 1 aromatic heterocycles. The molecule has 180 valence electrons. The number of hydrogen-bond donors (Lipinski definition) is 1. The molecule has 0 spiro atoms. The first-order valence-corrected chi connectivity index (χ1v) is 10.8. The first-order valence-electron chi connectivity index (χ1n) is 10.8. The number of ether oxygens (including phenoxy) is 4. The molecule has 3 aromatic rings. The standard InChI is InChI=1S/C23H28N6O5/c1-31-18-9-14-5-6-28(13-15(14)10-19(18)32-2)7-8-29-26-23(25-27-29)17-12-21(34-4)20(33-3)11-16(17)22(24)30/h9-12H,5-8,13H2,1-4H3,(H2,24,30). The lowest BCUT2D eigenvalue weighted by atomic mass is 9.99. The minimum atomic E-state index is -0.619. The van der Waals surface area contributed by atoms with Crippen molar-refractivity contribution in [2.24, 2.45) is 5.73 Å². The summed E-state index contributed by atoms with van der Waals surface area (Å²) < 4.78 is 21.5. The molecule has 2 aromatic carbocycles. The van der Waals surface area contributed by atoms with Crippen molar-refractivity contribution in [3.8, 4) is 34.4 Å². The average molecular weight is 469 g/mol. The van der Waals surface area contributed by atoms with Gasteiger partial charge in [0, 0.05) is 25.2 Å². The number of nitrogens with two attached hydrogens (primary N) is 1. The van der Waals surface area contributed by atoms with Gasteiger partial charge in [0.15, 0.2) is 23.0 Å². The highest BCUT2D eigenvalue weighted by molar-refractivity contribution is 6.00. The lowest BCUT2D eigenvalue weighted by Crippen LogP contribution is -2.33. The summed E-state index contributed by atoms with van der Waals surface area (Å²) in [5.74, 6) is 1.98. The van der Waals surface area contributed by atoms with Gasteiger partial charge >= 0.3 is 0 Å². The summed E-state index contributed by atoms with van der Waals surface area (Å²) in [6.45, 7) is 2.97. The first kappa shape index (κ1) is 23.3. The molecule has 0 aliphatic carbocycles. The second kappa shape index (κ2) is 9.96. The Morgan fingerprint density at radius 1 is 0.912 bits per heavy atom. The predicted molar refractivity (Wildman–Crippen MR) is 123 cm³/mol. The summed E-state index contributed by atoms with van der Waals surface area (Å²) >= 11 is 0. The van der Waals surface area contributed by atoms with Gasteiger partial charge in [-0.2, -0.15) is 4.80 Å². The van der Waals surface area contributed by atoms with Crippen LogP contribution in [0.3, 0.4) is 0 Å². The smallest absolute Gasteiger partial charge is 0.249 e. The number of methoxy groups -OCH3 is 4. The van der Waals surface area contributed by atoms with Crippen LogP contribution in [0.2, 0.25) is 0 Å². The molecule has 0 radical (unpaired) electrons. The molecule has 34 heavy (non-hydrogen) atoms. The number of primary amides is 1. The molecule has 0 bridgehead atoms. The van der Waals surface area contributed by atoms with Crippen molar-refractivity contribution < 1.29 is 23.7 Å². The van der Waals surface area contributed by atoms with Gasteiger partial charge in [0.05, 0.1) is 40.5 Å². The summed E-state index contributed by atoms with van der Waals surface area (Å²) in [4.78, 5) is 15.8. The number of amides is 1. The van der Waals surface area contributed by atoms with E-state index in [4.69, 9.17) is 24.7 Å². The van der Waals surface area contributed by atoms with E-state index in [1.807, 2.05) is 6.07 Å². The molecule has 0 fully saturated rings. The van der Waals surface area contributed by atoms with Crippen molar-refractivity contribution in [1.82, 2.24) is 25.1 Å². The number of nitrogens with zero attached hydrogens (tertiary/aromatic N) is 5. The van der Waals surface area contributed by atoms with Gasteiger partial charge in [-0.05, 0) is 47.0 Å². The summed E-state index contributed by atoms with van der Waals surface area (Å²) in [6, 6.07) is 7.24. The average Bonchev–Trinajstić information content (AvgIpc) is 3.34. The largest absolute Gasteiger partial charge is 0.493 e. The molecule has 1 amide bonds. The fraction of sp³-hybridized carbons (Fsp3) is 0.391. The predicted octanol–water partition coefficient (Wildman–Crippen LogP) is 1.53. The van der Waals surface area contributed by atoms with Crippen LogP contribution in [0, 0.1) is 0 Å². The zero-order chi connectivity index (χ0) is 24.2. The molecule has 1 aliphatic heterocycles. The minimum Gasteiger partial charge on any atom is -0.493 e. The number of rotatable bonds is 9. The van der Waals surface area contributed by atoms with Gasteiger partial charge in [0.1, 0.15) is 0 Å². The summed E-state index contributed by atoms with van der Waals surface area (Å²) in [5, 5.41) is 12.7. The molecule has 1 aliphatic rings. The monoisotopic (exact) mass is 468 g/mol. The molecule has 11 heteroatoms. The SMILES string of the molecule is COc1cc2c(cc1OC)CN(CCn1nnc(-c3cc(OC)c(OC)cc3C(N)=O)n1)CC2. The third kappa shape index (κ3) is 4.60. The maximum absolute atomic E-state index is 12.0. The fourth-order valence-corrected chi connectivity index (χ4v) is 4.08. The third-order valence-corrected chi connectivity index (χ3v) is 5.90. The van der Waals surface area contributed by atoms with E-state index in [0.717, 1.165) is 37.6 Å². The molecule has 2 heterocycles. The molecule has 0 saturated heterocycles. The van der Waals surface area contributed by atoms with E-state index in [-0.39, 0.29) is 11.4 Å². The molecular weight excluding hydrogens is 440 g/mol. The lowest BCUT2D eigenvalue weighted by Gasteiger charge is -2.29. The molecule has 11 nitrogen and oxygen atoms in total. The van der Waals surface area contributed by atoms with Crippen LogP contribution in [0.25, 0.3) is 11.4 Å². The van der Waals surface area contributed by atoms with Crippen LogP contribution < -0.4 is 24.7 Å². The third-order valence-electron chi connectivity index (χ3n) is 5.90. The van der Waals surface area contributed by atoms with Gasteiger partial charge in [-0.1, -0.05) is 0 Å². The number of carbonyl (C=O) groups is 1. The van der Waals surface area contributed by atoms with Crippen LogP contribution in [-0.2, 0) is 19.5 Å². The number of aromatic nitrogens is 4. The molecule has 0 saturated carbocycles. The number of tetrazole rings is 1. The second-order valence-corrected chi connectivity index (χ2v) is 7.83. The topological polar surface area (TPSA) is 127 Å². The Morgan fingerprint density at radius 2 is 1.53 bits per heavy atom. The van der Waals surface area contributed by atoms with Crippen LogP contribution in [0.15, 0.2) is 24.3 Å².